The van der Waals surface area contributed by atoms with Crippen molar-refractivity contribution in [3.05, 3.63) is 55.4 Å². The third-order valence-electron chi connectivity index (χ3n) is 2.53. The van der Waals surface area contributed by atoms with Gasteiger partial charge in [-0.1, -0.05) is 46.9 Å². The minimum absolute atomic E-state index is 0.191. The Bertz CT molecular complexity index is 596. The van der Waals surface area contributed by atoms with E-state index in [0.29, 0.717) is 31.8 Å². The molecule has 0 radical (unpaired) electrons. The van der Waals surface area contributed by atoms with Gasteiger partial charge in [0.25, 0.3) is 0 Å². The molecule has 0 unspecified atom stereocenters. The van der Waals surface area contributed by atoms with Gasteiger partial charge in [-0.25, -0.2) is 0 Å². The van der Waals surface area contributed by atoms with Crippen molar-refractivity contribution in [2.24, 2.45) is 0 Å². The summed E-state index contributed by atoms with van der Waals surface area (Å²) in [5.74, 6) is 0.191. The second-order valence-corrected chi connectivity index (χ2v) is 5.95. The van der Waals surface area contributed by atoms with Crippen LogP contribution < -0.4 is 5.32 Å². The lowest BCUT2D eigenvalue weighted by Crippen LogP contribution is -2.01. The second-order valence-electron chi connectivity index (χ2n) is 3.85. The molecular weight excluding hydrogens is 372 g/mol. The Kier molecular flexibility index (Phi) is 4.85. The molecule has 6 heteroatoms. The van der Waals surface area contributed by atoms with Gasteiger partial charge in [-0.3, -0.25) is 0 Å². The number of rotatable bonds is 3. The van der Waals surface area contributed by atoms with E-state index < -0.39 is 0 Å². The highest BCUT2D eigenvalue weighted by molar-refractivity contribution is 9.10. The molecule has 0 aliphatic heterocycles. The second kappa shape index (κ2) is 6.23. The molecule has 19 heavy (non-hydrogen) atoms. The summed E-state index contributed by atoms with van der Waals surface area (Å²) < 4.78 is 0.639. The van der Waals surface area contributed by atoms with E-state index in [0.717, 1.165) is 5.56 Å². The maximum absolute atomic E-state index is 9.88. The number of anilines is 1. The molecule has 2 rings (SSSR count). The molecule has 0 saturated heterocycles. The zero-order valence-corrected chi connectivity index (χ0v) is 13.4. The molecule has 0 saturated carbocycles. The number of aromatic hydroxyl groups is 1. The SMILES string of the molecule is Oc1c(Br)cccc1CNc1c(Cl)cc(Cl)cc1Cl. The van der Waals surface area contributed by atoms with Crippen LogP contribution in [0.25, 0.3) is 0 Å². The highest BCUT2D eigenvalue weighted by atomic mass is 79.9. The van der Waals surface area contributed by atoms with Crippen LogP contribution in [0.1, 0.15) is 5.56 Å². The molecule has 0 aromatic heterocycles. The summed E-state index contributed by atoms with van der Waals surface area (Å²) in [6, 6.07) is 8.63. The quantitative estimate of drug-likeness (QED) is 0.712. The Hall–Kier alpha value is -0.610. The zero-order chi connectivity index (χ0) is 14.0. The van der Waals surface area contributed by atoms with E-state index in [-0.39, 0.29) is 5.75 Å². The number of nitrogens with one attached hydrogen (secondary N) is 1. The van der Waals surface area contributed by atoms with Crippen molar-refractivity contribution >= 4 is 56.4 Å². The summed E-state index contributed by atoms with van der Waals surface area (Å²) >= 11 is 21.2. The molecule has 2 nitrogen and oxygen atoms in total. The number of phenolic OH excluding ortho intramolecular Hbond substituents is 1. The zero-order valence-electron chi connectivity index (χ0n) is 9.55. The molecule has 0 aliphatic rings. The lowest BCUT2D eigenvalue weighted by atomic mass is 10.2. The molecule has 2 aromatic rings. The third-order valence-corrected chi connectivity index (χ3v) is 3.99. The summed E-state index contributed by atoms with van der Waals surface area (Å²) in [6.45, 7) is 0.395. The van der Waals surface area contributed by atoms with Gasteiger partial charge in [-0.15, -0.1) is 0 Å². The fourth-order valence-corrected chi connectivity index (χ4v) is 2.96. The topological polar surface area (TPSA) is 32.3 Å². The van der Waals surface area contributed by atoms with Crippen LogP contribution in [0, 0.1) is 0 Å². The van der Waals surface area contributed by atoms with E-state index in [1.165, 1.54) is 0 Å². The van der Waals surface area contributed by atoms with Crippen molar-refractivity contribution in [2.75, 3.05) is 5.32 Å². The highest BCUT2D eigenvalue weighted by Gasteiger charge is 2.09. The summed E-state index contributed by atoms with van der Waals surface area (Å²) in [4.78, 5) is 0. The minimum Gasteiger partial charge on any atom is -0.506 e. The fourth-order valence-electron chi connectivity index (χ4n) is 1.60. The van der Waals surface area contributed by atoms with E-state index in [2.05, 4.69) is 21.2 Å². The average molecular weight is 381 g/mol. The Balaban J connectivity index is 2.22. The largest absolute Gasteiger partial charge is 0.506 e. The number of hydrogen-bond donors (Lipinski definition) is 2. The third kappa shape index (κ3) is 3.48. The highest BCUT2D eigenvalue weighted by Crippen LogP contribution is 2.35. The molecule has 2 aromatic carbocycles. The molecule has 0 amide bonds. The smallest absolute Gasteiger partial charge is 0.134 e. The predicted molar refractivity (Wildman–Crippen MR) is 84.6 cm³/mol. The van der Waals surface area contributed by atoms with Crippen LogP contribution in [0.5, 0.6) is 5.75 Å². The maximum Gasteiger partial charge on any atom is 0.134 e. The molecule has 0 aliphatic carbocycles. The van der Waals surface area contributed by atoms with E-state index in [4.69, 9.17) is 34.8 Å². The van der Waals surface area contributed by atoms with Gasteiger partial charge in [0.15, 0.2) is 0 Å². The number of halogens is 4. The summed E-state index contributed by atoms with van der Waals surface area (Å²) in [5.41, 5.74) is 1.32. The van der Waals surface area contributed by atoms with Gasteiger partial charge in [0.05, 0.1) is 20.2 Å². The molecule has 0 atom stereocenters. The number of phenols is 1. The predicted octanol–water partition coefficient (Wildman–Crippen LogP) is 5.73. The van der Waals surface area contributed by atoms with Crippen LogP contribution in [0.15, 0.2) is 34.8 Å². The first-order chi connectivity index (χ1) is 8.99. The van der Waals surface area contributed by atoms with Gasteiger partial charge >= 0.3 is 0 Å². The van der Waals surface area contributed by atoms with E-state index >= 15 is 0 Å². The molecule has 0 bridgehead atoms. The first kappa shape index (κ1) is 14.8. The number of para-hydroxylation sites is 1. The van der Waals surface area contributed by atoms with Gasteiger partial charge in [-0.2, -0.15) is 0 Å². The Labute approximate surface area is 134 Å². The maximum atomic E-state index is 9.88. The van der Waals surface area contributed by atoms with Crippen molar-refractivity contribution in [1.29, 1.82) is 0 Å². The standard InChI is InChI=1S/C13H9BrCl3NO/c14-9-3-1-2-7(13(9)19)6-18-12-10(16)4-8(15)5-11(12)17/h1-5,18-19H,6H2. The van der Waals surface area contributed by atoms with Crippen LogP contribution in [-0.4, -0.2) is 5.11 Å². The Morgan fingerprint density at radius 1 is 1.11 bits per heavy atom. The minimum atomic E-state index is 0.191. The Morgan fingerprint density at radius 2 is 1.74 bits per heavy atom. The van der Waals surface area contributed by atoms with E-state index in [9.17, 15) is 5.11 Å². The number of hydrogen-bond acceptors (Lipinski definition) is 2. The van der Waals surface area contributed by atoms with Crippen molar-refractivity contribution < 1.29 is 5.11 Å². The molecule has 0 fully saturated rings. The van der Waals surface area contributed by atoms with Gasteiger partial charge in [0.1, 0.15) is 5.75 Å². The fraction of sp³-hybridized carbons (Fsp3) is 0.0769. The molecule has 2 N–H and O–H groups in total. The molecule has 0 heterocycles. The monoisotopic (exact) mass is 379 g/mol. The molecule has 100 valence electrons. The van der Waals surface area contributed by atoms with Crippen LogP contribution in [-0.2, 0) is 6.54 Å². The lowest BCUT2D eigenvalue weighted by Gasteiger charge is -2.12. The van der Waals surface area contributed by atoms with Gasteiger partial charge in [0, 0.05) is 17.1 Å². The summed E-state index contributed by atoms with van der Waals surface area (Å²) in [7, 11) is 0. The normalized spacial score (nSPS) is 10.5. The van der Waals surface area contributed by atoms with Gasteiger partial charge in [-0.05, 0) is 34.1 Å². The van der Waals surface area contributed by atoms with Crippen molar-refractivity contribution in [2.45, 2.75) is 6.54 Å². The van der Waals surface area contributed by atoms with Gasteiger partial charge < -0.3 is 10.4 Å². The first-order valence-electron chi connectivity index (χ1n) is 5.34. The van der Waals surface area contributed by atoms with Crippen LogP contribution in [0.4, 0.5) is 5.69 Å². The Morgan fingerprint density at radius 3 is 2.37 bits per heavy atom. The van der Waals surface area contributed by atoms with Gasteiger partial charge in [0.2, 0.25) is 0 Å². The van der Waals surface area contributed by atoms with Crippen molar-refractivity contribution in [3.63, 3.8) is 0 Å². The summed E-state index contributed by atoms with van der Waals surface area (Å²) in [6.07, 6.45) is 0. The summed E-state index contributed by atoms with van der Waals surface area (Å²) in [5, 5.41) is 14.3. The van der Waals surface area contributed by atoms with Crippen molar-refractivity contribution in [1.82, 2.24) is 0 Å². The lowest BCUT2D eigenvalue weighted by molar-refractivity contribution is 0.465. The number of benzene rings is 2. The van der Waals surface area contributed by atoms with E-state index in [1.807, 2.05) is 12.1 Å². The van der Waals surface area contributed by atoms with Crippen molar-refractivity contribution in [3.8, 4) is 5.75 Å². The molecular formula is C13H9BrCl3NO. The average Bonchev–Trinajstić information content (AvgIpc) is 2.33. The molecule has 0 spiro atoms. The van der Waals surface area contributed by atoms with Crippen LogP contribution in [0.2, 0.25) is 15.1 Å². The van der Waals surface area contributed by atoms with Crippen LogP contribution >= 0.6 is 50.7 Å². The van der Waals surface area contributed by atoms with Crippen LogP contribution in [0.3, 0.4) is 0 Å². The van der Waals surface area contributed by atoms with E-state index in [1.54, 1.807) is 18.2 Å². The first-order valence-corrected chi connectivity index (χ1v) is 7.26.